The van der Waals surface area contributed by atoms with E-state index in [-0.39, 0.29) is 0 Å². The third kappa shape index (κ3) is 3.35. The highest BCUT2D eigenvalue weighted by atomic mass is 35.5. The van der Waals surface area contributed by atoms with Gasteiger partial charge in [0.05, 0.1) is 16.6 Å². The summed E-state index contributed by atoms with van der Waals surface area (Å²) >= 11 is 20.4. The van der Waals surface area contributed by atoms with Crippen LogP contribution in [-0.2, 0) is 0 Å². The van der Waals surface area contributed by atoms with Crippen LogP contribution in [0, 0.1) is 0 Å². The Morgan fingerprint density at radius 1 is 0.333 bits per heavy atom. The van der Waals surface area contributed by atoms with E-state index < -0.39 is 0 Å². The van der Waals surface area contributed by atoms with Crippen LogP contribution in [0.15, 0.2) is 110 Å². The van der Waals surface area contributed by atoms with E-state index in [0.717, 1.165) is 98.4 Å². The second-order valence-corrected chi connectivity index (χ2v) is 12.8. The average Bonchev–Trinajstić information content (AvgIpc) is 3.07. The van der Waals surface area contributed by atoms with Gasteiger partial charge in [-0.25, -0.2) is 0 Å². The molecule has 0 spiro atoms. The van der Waals surface area contributed by atoms with Gasteiger partial charge in [0, 0.05) is 116 Å². The molecular formula is C39H18Cl3N3. The van der Waals surface area contributed by atoms with Crippen molar-refractivity contribution in [1.82, 2.24) is 15.0 Å². The van der Waals surface area contributed by atoms with Gasteiger partial charge in [0.15, 0.2) is 0 Å². The maximum Gasteiger partial charge on any atom is 0.0794 e. The van der Waals surface area contributed by atoms with Gasteiger partial charge < -0.3 is 0 Å². The van der Waals surface area contributed by atoms with Crippen molar-refractivity contribution in [2.45, 2.75) is 0 Å². The number of nitrogens with zero attached hydrogens (tertiary/aromatic N) is 3. The van der Waals surface area contributed by atoms with Crippen molar-refractivity contribution in [2.75, 3.05) is 0 Å². The summed E-state index contributed by atoms with van der Waals surface area (Å²) in [5.74, 6) is 0. The highest BCUT2D eigenvalue weighted by Crippen LogP contribution is 2.52. The Hall–Kier alpha value is -4.80. The largest absolute Gasteiger partial charge is 0.255 e. The first-order valence-corrected chi connectivity index (χ1v) is 15.7. The van der Waals surface area contributed by atoms with Gasteiger partial charge in [0.2, 0.25) is 0 Å². The zero-order chi connectivity index (χ0) is 30.0. The normalized spacial score (nSPS) is 12.3. The van der Waals surface area contributed by atoms with E-state index in [1.54, 1.807) is 0 Å². The number of halogens is 3. The molecule has 0 saturated carbocycles. The lowest BCUT2D eigenvalue weighted by atomic mass is 9.82. The number of rotatable bonds is 3. The number of hydrogen-bond donors (Lipinski definition) is 0. The number of hydrogen-bond acceptors (Lipinski definition) is 3. The first-order chi connectivity index (χ1) is 22.1. The Morgan fingerprint density at radius 3 is 0.911 bits per heavy atom. The van der Waals surface area contributed by atoms with Crippen molar-refractivity contribution < 1.29 is 0 Å². The third-order valence-corrected chi connectivity index (χ3v) is 10.2. The van der Waals surface area contributed by atoms with E-state index in [0.29, 0.717) is 15.1 Å². The number of pyridine rings is 3. The van der Waals surface area contributed by atoms with Gasteiger partial charge in [0.25, 0.3) is 0 Å². The van der Waals surface area contributed by atoms with Gasteiger partial charge in [-0.15, -0.1) is 0 Å². The summed E-state index contributed by atoms with van der Waals surface area (Å²) in [4.78, 5) is 15.5. The molecule has 0 saturated heterocycles. The van der Waals surface area contributed by atoms with Gasteiger partial charge in [-0.05, 0) is 36.4 Å². The topological polar surface area (TPSA) is 38.7 Å². The monoisotopic (exact) mass is 633 g/mol. The first kappa shape index (κ1) is 25.5. The minimum atomic E-state index is 0.676. The Balaban J connectivity index is 1.50. The molecule has 3 nitrogen and oxygen atoms in total. The Kier molecular flexibility index (Phi) is 5.17. The molecule has 0 aliphatic carbocycles. The fraction of sp³-hybridized carbons (Fsp3) is 0. The van der Waals surface area contributed by atoms with Gasteiger partial charge in [0.1, 0.15) is 0 Å². The van der Waals surface area contributed by atoms with Crippen LogP contribution in [-0.4, -0.2) is 15.0 Å². The molecule has 0 aliphatic rings. The molecule has 10 aromatic rings. The van der Waals surface area contributed by atoms with Crippen LogP contribution < -0.4 is 0 Å². The molecule has 3 aromatic heterocycles. The van der Waals surface area contributed by atoms with Crippen LogP contribution in [0.2, 0.25) is 15.1 Å². The summed E-state index contributed by atoms with van der Waals surface area (Å²) in [7, 11) is 0. The summed E-state index contributed by atoms with van der Waals surface area (Å²) in [5, 5.41) is 11.8. The molecule has 0 unspecified atom stereocenters. The minimum Gasteiger partial charge on any atom is -0.255 e. The van der Waals surface area contributed by atoms with Crippen molar-refractivity contribution in [3.05, 3.63) is 125 Å². The third-order valence-electron chi connectivity index (χ3n) is 9.23. The lowest BCUT2D eigenvalue weighted by molar-refractivity contribution is 1.42. The molecule has 0 aliphatic heterocycles. The standard InChI is InChI=1S/C39H18Cl3N3/c40-28-10-4-1-7-22(28)25-13-19-16-44-38-27(24-9-3-6-12-30(24)42)15-21-18-45-39-26(23-8-2-5-11-29(23)41)14-20-17-43-37(25)34-31(19)35(38)33(21)36(39)32(20)34/h1-18H. The predicted octanol–water partition coefficient (Wildman–Crippen LogP) is 12.1. The van der Waals surface area contributed by atoms with Gasteiger partial charge >= 0.3 is 0 Å². The van der Waals surface area contributed by atoms with Crippen LogP contribution in [0.4, 0.5) is 0 Å². The fourth-order valence-corrected chi connectivity index (χ4v) is 8.10. The quantitative estimate of drug-likeness (QED) is 0.143. The van der Waals surface area contributed by atoms with Crippen molar-refractivity contribution in [1.29, 1.82) is 0 Å². The van der Waals surface area contributed by atoms with E-state index in [4.69, 9.17) is 49.8 Å². The first-order valence-electron chi connectivity index (χ1n) is 14.6. The molecular weight excluding hydrogens is 617 g/mol. The molecule has 0 amide bonds. The predicted molar refractivity (Wildman–Crippen MR) is 190 cm³/mol. The maximum atomic E-state index is 6.81. The summed E-state index contributed by atoms with van der Waals surface area (Å²) in [6.45, 7) is 0. The van der Waals surface area contributed by atoms with Gasteiger partial charge in [-0.1, -0.05) is 89.4 Å². The van der Waals surface area contributed by atoms with Crippen LogP contribution >= 0.6 is 34.8 Å². The van der Waals surface area contributed by atoms with E-state index in [2.05, 4.69) is 18.2 Å². The van der Waals surface area contributed by atoms with Crippen LogP contribution in [0.1, 0.15) is 0 Å². The molecule has 7 aromatic carbocycles. The zero-order valence-electron chi connectivity index (χ0n) is 23.4. The van der Waals surface area contributed by atoms with Crippen LogP contribution in [0.3, 0.4) is 0 Å². The van der Waals surface area contributed by atoms with Crippen molar-refractivity contribution in [3.8, 4) is 33.4 Å². The SMILES string of the molecule is Clc1ccccc1-c1cc2cnc3c(-c4ccccc4Cl)cc4cnc5c(-c6ccccc6Cl)cc6cnc1c1c6c5c4c3c21. The van der Waals surface area contributed by atoms with Gasteiger partial charge in [-0.2, -0.15) is 0 Å². The minimum absolute atomic E-state index is 0.676. The second kappa shape index (κ2) is 9.12. The van der Waals surface area contributed by atoms with E-state index in [1.165, 1.54) is 0 Å². The lowest BCUT2D eigenvalue weighted by Gasteiger charge is -2.23. The summed E-state index contributed by atoms with van der Waals surface area (Å²) in [6, 6.07) is 30.3. The van der Waals surface area contributed by atoms with E-state index >= 15 is 0 Å². The van der Waals surface area contributed by atoms with Crippen molar-refractivity contribution in [2.24, 2.45) is 0 Å². The summed E-state index contributed by atoms with van der Waals surface area (Å²) in [6.07, 6.45) is 5.93. The molecule has 3 heterocycles. The lowest BCUT2D eigenvalue weighted by Crippen LogP contribution is -2.00. The fourth-order valence-electron chi connectivity index (χ4n) is 7.38. The average molecular weight is 635 g/mol. The molecule has 6 heteroatoms. The molecule has 0 radical (unpaired) electrons. The van der Waals surface area contributed by atoms with Gasteiger partial charge in [-0.3, -0.25) is 15.0 Å². The molecule has 0 atom stereocenters. The molecule has 210 valence electrons. The Morgan fingerprint density at radius 2 is 0.622 bits per heavy atom. The van der Waals surface area contributed by atoms with Crippen LogP contribution in [0.25, 0.3) is 98.4 Å². The highest BCUT2D eigenvalue weighted by molar-refractivity contribution is 6.46. The summed E-state index contributed by atoms with van der Waals surface area (Å²) < 4.78 is 0. The smallest absolute Gasteiger partial charge is 0.0794 e. The second-order valence-electron chi connectivity index (χ2n) is 11.6. The Bertz CT molecular complexity index is 2470. The summed E-state index contributed by atoms with van der Waals surface area (Å²) in [5.41, 5.74) is 8.41. The molecule has 0 bridgehead atoms. The van der Waals surface area contributed by atoms with Crippen LogP contribution in [0.5, 0.6) is 0 Å². The molecule has 10 rings (SSSR count). The van der Waals surface area contributed by atoms with E-state index in [9.17, 15) is 0 Å². The number of aromatic nitrogens is 3. The maximum absolute atomic E-state index is 6.81. The van der Waals surface area contributed by atoms with Crippen molar-refractivity contribution >= 4 is 99.8 Å². The van der Waals surface area contributed by atoms with Crippen molar-refractivity contribution in [3.63, 3.8) is 0 Å². The Labute approximate surface area is 271 Å². The van der Waals surface area contributed by atoms with E-state index in [1.807, 2.05) is 91.4 Å². The molecule has 0 N–H and O–H groups in total. The molecule has 45 heavy (non-hydrogen) atoms. The molecule has 0 fully saturated rings. The zero-order valence-corrected chi connectivity index (χ0v) is 25.6. The number of benzene rings is 7. The highest BCUT2D eigenvalue weighted by Gasteiger charge is 2.27.